The molecule has 0 bridgehead atoms. The SMILES string of the molecule is CC(C)(C)c1ccc2c(c1)c1cc(C(C)(C)C)ccc1n2-c1cc2c3c(c1)N(c1ccccc1-c1ccccc1)c1c(cc(-n4c5ccc(C(C)(C)C)cc5c5cc(C(C)(C)C)ccc54)c4c1oc1ccccc14)B3c1cc(-c3ccccc3)c(-n3c4ccccc4c4ccccc43)cc1N2c1c(-c2ccccc2)cccc1-c1ccccc1. The van der Waals surface area contributed by atoms with Crippen LogP contribution in [0.2, 0.25) is 0 Å². The van der Waals surface area contributed by atoms with Crippen LogP contribution in [0.15, 0.2) is 344 Å². The lowest BCUT2D eigenvalue weighted by Gasteiger charge is -2.46. The first-order chi connectivity index (χ1) is 57.6. The number of anilines is 6. The Labute approximate surface area is 696 Å². The number of fused-ring (bicyclic) bond motifs is 17. The van der Waals surface area contributed by atoms with Crippen molar-refractivity contribution in [3.8, 4) is 61.6 Å². The molecular formula is C112H92BN5O. The number of rotatable bonds is 9. The van der Waals surface area contributed by atoms with E-state index in [1.807, 2.05) is 0 Å². The summed E-state index contributed by atoms with van der Waals surface area (Å²) < 4.78 is 15.8. The van der Waals surface area contributed by atoms with Crippen LogP contribution in [-0.2, 0) is 21.7 Å². The summed E-state index contributed by atoms with van der Waals surface area (Å²) in [5.41, 5.74) is 34.8. The van der Waals surface area contributed by atoms with E-state index in [2.05, 4.69) is 446 Å². The molecular weight excluding hydrogens is 1440 g/mol. The number of hydrogen-bond acceptors (Lipinski definition) is 3. The Hall–Kier alpha value is -13.6. The van der Waals surface area contributed by atoms with Crippen molar-refractivity contribution in [2.24, 2.45) is 0 Å². The molecule has 119 heavy (non-hydrogen) atoms. The average Bonchev–Trinajstić information content (AvgIpc) is 1.66. The topological polar surface area (TPSA) is 34.4 Å². The third kappa shape index (κ3) is 11.2. The van der Waals surface area contributed by atoms with E-state index >= 15 is 0 Å². The van der Waals surface area contributed by atoms with Gasteiger partial charge in [0.15, 0.2) is 5.58 Å². The lowest BCUT2D eigenvalue weighted by molar-refractivity contribution is 0.590. The summed E-state index contributed by atoms with van der Waals surface area (Å²) in [6.45, 7) is 27.6. The Kier molecular flexibility index (Phi) is 16.0. The van der Waals surface area contributed by atoms with Gasteiger partial charge < -0.3 is 27.9 Å². The maximum atomic E-state index is 8.07. The largest absolute Gasteiger partial charge is 0.454 e. The summed E-state index contributed by atoms with van der Waals surface area (Å²) >= 11 is 0. The van der Waals surface area contributed by atoms with Gasteiger partial charge in [-0.05, 0) is 180 Å². The molecule has 16 aromatic carbocycles. The molecule has 574 valence electrons. The van der Waals surface area contributed by atoms with Gasteiger partial charge in [0.05, 0.1) is 72.6 Å². The Bertz CT molecular complexity index is 7320. The zero-order valence-corrected chi connectivity index (χ0v) is 69.6. The molecule has 6 nitrogen and oxygen atoms in total. The van der Waals surface area contributed by atoms with Gasteiger partial charge in [0.25, 0.3) is 6.71 Å². The number of hydrogen-bond donors (Lipinski definition) is 0. The third-order valence-electron chi connectivity index (χ3n) is 25.8. The molecule has 0 N–H and O–H groups in total. The van der Waals surface area contributed by atoms with Crippen molar-refractivity contribution in [3.05, 3.63) is 362 Å². The molecule has 2 aliphatic heterocycles. The fraction of sp³-hybridized carbons (Fsp3) is 0.143. The minimum atomic E-state index is -0.472. The van der Waals surface area contributed by atoms with Gasteiger partial charge in [0.2, 0.25) is 0 Å². The van der Waals surface area contributed by atoms with Gasteiger partial charge in [-0.3, -0.25) is 0 Å². The molecule has 0 amide bonds. The second kappa shape index (κ2) is 26.4. The van der Waals surface area contributed by atoms with Gasteiger partial charge in [-0.25, -0.2) is 0 Å². The molecule has 0 aliphatic carbocycles. The summed E-state index contributed by atoms with van der Waals surface area (Å²) in [4.78, 5) is 5.38. The summed E-state index contributed by atoms with van der Waals surface area (Å²) in [5, 5.41) is 9.36. The van der Waals surface area contributed by atoms with E-state index < -0.39 is 6.71 Å². The minimum Gasteiger partial charge on any atom is -0.454 e. The van der Waals surface area contributed by atoms with Crippen molar-refractivity contribution >= 4 is 145 Å². The van der Waals surface area contributed by atoms with Crippen molar-refractivity contribution < 1.29 is 4.42 Å². The molecule has 0 saturated heterocycles. The van der Waals surface area contributed by atoms with Gasteiger partial charge in [0.1, 0.15) is 5.58 Å². The van der Waals surface area contributed by atoms with Crippen LogP contribution < -0.4 is 26.2 Å². The molecule has 0 atom stereocenters. The number of aromatic nitrogens is 3. The number of para-hydroxylation sites is 5. The molecule has 0 fully saturated rings. The van der Waals surface area contributed by atoms with E-state index in [0.717, 1.165) is 162 Å². The highest BCUT2D eigenvalue weighted by molar-refractivity contribution is 7.00. The van der Waals surface area contributed by atoms with Gasteiger partial charge in [-0.15, -0.1) is 0 Å². The van der Waals surface area contributed by atoms with Crippen molar-refractivity contribution in [1.82, 2.24) is 13.7 Å². The number of furan rings is 1. The number of benzene rings is 16. The van der Waals surface area contributed by atoms with E-state index in [1.54, 1.807) is 0 Å². The first-order valence-corrected chi connectivity index (χ1v) is 42.2. The van der Waals surface area contributed by atoms with Gasteiger partial charge in [-0.2, -0.15) is 0 Å². The standard InChI is InChI=1S/C112H92BN5O/c1-109(2,3)73-52-56-94-85(60-73)86-61-74(110(4,5)6)53-57-95(86)114(94)77-64-101-105-102(65-77)118(106-79(70-36-19-14-20-37-70)46-33-47-80(106)71-38-21-15-22-39-71)99-68-98(115-92-49-30-26-43-81(92)82-44-27-31-50-93(82)115)84(72-40-23-16-24-41-72)66-89(99)113(105)90-67-100(116-96-58-54-75(111(7,8)9)62-87(96)88-63-76(112(10,11)12)55-59-97(88)116)104-83-45-28-32-51-103(83)119-108(104)107(90)117(101)91-48-29-25-42-78(91)69-34-17-13-18-35-69/h13-68H,1-12H3. The molecule has 0 saturated carbocycles. The van der Waals surface area contributed by atoms with Crippen molar-refractivity contribution in [2.75, 3.05) is 9.80 Å². The molecule has 20 aromatic rings. The van der Waals surface area contributed by atoms with Crippen LogP contribution >= 0.6 is 0 Å². The van der Waals surface area contributed by atoms with Crippen LogP contribution in [-0.4, -0.2) is 20.4 Å². The first-order valence-electron chi connectivity index (χ1n) is 42.2. The lowest BCUT2D eigenvalue weighted by Crippen LogP contribution is -2.61. The van der Waals surface area contributed by atoms with Gasteiger partial charge in [0, 0.05) is 77.0 Å². The van der Waals surface area contributed by atoms with Crippen LogP contribution in [0.1, 0.15) is 105 Å². The molecule has 6 heterocycles. The summed E-state index contributed by atoms with van der Waals surface area (Å²) in [6.07, 6.45) is 0. The summed E-state index contributed by atoms with van der Waals surface area (Å²) in [6, 6.07) is 130. The van der Waals surface area contributed by atoms with E-state index in [0.29, 0.717) is 0 Å². The Morgan fingerprint density at radius 3 is 1.10 bits per heavy atom. The quantitative estimate of drug-likeness (QED) is 0.135. The van der Waals surface area contributed by atoms with Crippen LogP contribution in [0.3, 0.4) is 0 Å². The molecule has 0 unspecified atom stereocenters. The second-order valence-electron chi connectivity index (χ2n) is 37.2. The average molecular weight is 1530 g/mol. The van der Waals surface area contributed by atoms with Crippen molar-refractivity contribution in [3.63, 3.8) is 0 Å². The highest BCUT2D eigenvalue weighted by atomic mass is 16.3. The van der Waals surface area contributed by atoms with Crippen LogP contribution in [0.4, 0.5) is 34.1 Å². The summed E-state index contributed by atoms with van der Waals surface area (Å²) in [5.74, 6) is 0. The lowest BCUT2D eigenvalue weighted by atomic mass is 9.33. The molecule has 0 radical (unpaired) electrons. The second-order valence-corrected chi connectivity index (χ2v) is 37.2. The Morgan fingerprint density at radius 2 is 0.622 bits per heavy atom. The van der Waals surface area contributed by atoms with E-state index in [9.17, 15) is 0 Å². The Balaban J connectivity index is 0.986. The summed E-state index contributed by atoms with van der Waals surface area (Å²) in [7, 11) is 0. The van der Waals surface area contributed by atoms with Crippen LogP contribution in [0.5, 0.6) is 0 Å². The number of nitrogens with zero attached hydrogens (tertiary/aromatic N) is 5. The first kappa shape index (κ1) is 71.9. The van der Waals surface area contributed by atoms with E-state index in [1.165, 1.54) is 60.0 Å². The molecule has 7 heteroatoms. The zero-order chi connectivity index (χ0) is 80.9. The molecule has 2 aliphatic rings. The van der Waals surface area contributed by atoms with Crippen LogP contribution in [0, 0.1) is 0 Å². The van der Waals surface area contributed by atoms with Crippen molar-refractivity contribution in [2.45, 2.75) is 105 Å². The predicted molar refractivity (Wildman–Crippen MR) is 507 cm³/mol. The predicted octanol–water partition coefficient (Wildman–Crippen LogP) is 28.8. The Morgan fingerprint density at radius 1 is 0.244 bits per heavy atom. The highest BCUT2D eigenvalue weighted by Crippen LogP contribution is 2.56. The van der Waals surface area contributed by atoms with Crippen molar-refractivity contribution in [1.29, 1.82) is 0 Å². The van der Waals surface area contributed by atoms with E-state index in [4.69, 9.17) is 4.42 Å². The smallest absolute Gasteiger partial charge is 0.252 e. The molecule has 22 rings (SSSR count). The minimum absolute atomic E-state index is 0.118. The monoisotopic (exact) mass is 1530 g/mol. The fourth-order valence-corrected chi connectivity index (χ4v) is 19.8. The normalized spacial score (nSPS) is 13.2. The third-order valence-corrected chi connectivity index (χ3v) is 25.8. The molecule has 4 aromatic heterocycles. The maximum Gasteiger partial charge on any atom is 0.252 e. The zero-order valence-electron chi connectivity index (χ0n) is 69.6. The van der Waals surface area contributed by atoms with Gasteiger partial charge >= 0.3 is 0 Å². The highest BCUT2D eigenvalue weighted by Gasteiger charge is 2.48. The molecule has 0 spiro atoms. The van der Waals surface area contributed by atoms with Crippen LogP contribution in [0.25, 0.3) is 149 Å². The van der Waals surface area contributed by atoms with Gasteiger partial charge in [-0.1, -0.05) is 326 Å². The maximum absolute atomic E-state index is 8.07. The van der Waals surface area contributed by atoms with E-state index in [-0.39, 0.29) is 21.7 Å². The fourth-order valence-electron chi connectivity index (χ4n) is 19.8.